The highest BCUT2D eigenvalue weighted by molar-refractivity contribution is 6.09. The summed E-state index contributed by atoms with van der Waals surface area (Å²) in [6, 6.07) is 7.44. The van der Waals surface area contributed by atoms with Crippen molar-refractivity contribution in [2.45, 2.75) is 32.7 Å². The zero-order chi connectivity index (χ0) is 18.3. The number of benzene rings is 1. The van der Waals surface area contributed by atoms with Crippen molar-refractivity contribution in [3.05, 3.63) is 42.5 Å². The van der Waals surface area contributed by atoms with Gasteiger partial charge in [-0.05, 0) is 40.0 Å². The topological polar surface area (TPSA) is 82.3 Å². The van der Waals surface area contributed by atoms with Gasteiger partial charge in [0.2, 0.25) is 0 Å². The van der Waals surface area contributed by atoms with Crippen LogP contribution < -0.4 is 4.74 Å². The number of aliphatic imine (C=N–C) groups is 1. The Morgan fingerprint density at radius 2 is 2.08 bits per heavy atom. The lowest BCUT2D eigenvalue weighted by molar-refractivity contribution is -0.124. The van der Waals surface area contributed by atoms with Crippen LogP contribution in [0, 0.1) is 11.3 Å². The molecule has 1 aliphatic heterocycles. The van der Waals surface area contributed by atoms with Crippen LogP contribution in [0.25, 0.3) is 0 Å². The molecule has 0 radical (unpaired) electrons. The molecule has 0 N–H and O–H groups in total. The third kappa shape index (κ3) is 2.83. The fourth-order valence-corrected chi connectivity index (χ4v) is 3.86. The molecule has 2 aromatic rings. The fraction of sp³-hybridized carbons (Fsp3) is 0.421. The fourth-order valence-electron chi connectivity index (χ4n) is 3.86. The van der Waals surface area contributed by atoms with E-state index in [0.29, 0.717) is 19.0 Å². The predicted molar refractivity (Wildman–Crippen MR) is 96.7 cm³/mol. The van der Waals surface area contributed by atoms with Crippen molar-refractivity contribution in [1.29, 1.82) is 0 Å². The lowest BCUT2D eigenvalue weighted by atomic mass is 9.67. The minimum atomic E-state index is -0.320. The molecular formula is C19H21N5O2. The second kappa shape index (κ2) is 6.16. The van der Waals surface area contributed by atoms with Crippen LogP contribution in [-0.4, -0.2) is 38.3 Å². The lowest BCUT2D eigenvalue weighted by Crippen LogP contribution is -2.44. The van der Waals surface area contributed by atoms with Crippen LogP contribution in [0.3, 0.4) is 0 Å². The molecule has 134 valence electrons. The standard InChI is InChI=1S/C19H21N5O2/c1-4-9-26-13-7-5-12(6-8-13)17-16-14(10-19(2,3)11-15(16)25)20-18-21-22-23-24(17)18/h4-8,16-17H,1,9-11H2,2-3H3. The maximum absolute atomic E-state index is 13.0. The van der Waals surface area contributed by atoms with Crippen LogP contribution in [0.1, 0.15) is 38.3 Å². The Morgan fingerprint density at radius 1 is 1.31 bits per heavy atom. The second-order valence-corrected chi connectivity index (χ2v) is 7.60. The Hall–Kier alpha value is -2.83. The van der Waals surface area contributed by atoms with E-state index in [1.165, 1.54) is 0 Å². The molecule has 1 aromatic heterocycles. The molecule has 7 nitrogen and oxygen atoms in total. The first-order valence-electron chi connectivity index (χ1n) is 8.70. The van der Waals surface area contributed by atoms with Gasteiger partial charge in [-0.2, -0.15) is 0 Å². The average molecular weight is 351 g/mol. The number of fused-ring (bicyclic) bond motifs is 2. The van der Waals surface area contributed by atoms with Gasteiger partial charge in [0.1, 0.15) is 18.1 Å². The highest BCUT2D eigenvalue weighted by atomic mass is 16.5. The third-order valence-corrected chi connectivity index (χ3v) is 4.91. The van der Waals surface area contributed by atoms with Crippen LogP contribution in [0.4, 0.5) is 5.95 Å². The van der Waals surface area contributed by atoms with Gasteiger partial charge >= 0.3 is 0 Å². The summed E-state index contributed by atoms with van der Waals surface area (Å²) >= 11 is 0. The van der Waals surface area contributed by atoms with Crippen molar-refractivity contribution in [1.82, 2.24) is 20.2 Å². The first-order valence-corrected chi connectivity index (χ1v) is 8.70. The summed E-state index contributed by atoms with van der Waals surface area (Å²) in [6.07, 6.45) is 3.01. The summed E-state index contributed by atoms with van der Waals surface area (Å²) in [6.45, 7) is 8.30. The lowest BCUT2D eigenvalue weighted by Gasteiger charge is -2.39. The third-order valence-electron chi connectivity index (χ3n) is 4.91. The first kappa shape index (κ1) is 16.6. The molecule has 0 saturated heterocycles. The molecule has 4 rings (SSSR count). The molecule has 2 unspecified atom stereocenters. The molecule has 0 bridgehead atoms. The number of aromatic nitrogens is 4. The first-order chi connectivity index (χ1) is 12.5. The molecule has 7 heteroatoms. The van der Waals surface area contributed by atoms with E-state index in [0.717, 1.165) is 23.4 Å². The van der Waals surface area contributed by atoms with Crippen LogP contribution >= 0.6 is 0 Å². The Balaban J connectivity index is 1.74. The Bertz CT molecular complexity index is 882. The summed E-state index contributed by atoms with van der Waals surface area (Å²) in [5, 5.41) is 11.9. The van der Waals surface area contributed by atoms with E-state index < -0.39 is 0 Å². The normalized spacial score (nSPS) is 23.6. The number of ketones is 1. The summed E-state index contributed by atoms with van der Waals surface area (Å²) in [5.74, 6) is 1.09. The summed E-state index contributed by atoms with van der Waals surface area (Å²) < 4.78 is 7.21. The number of rotatable bonds is 4. The van der Waals surface area contributed by atoms with Crippen molar-refractivity contribution in [3.63, 3.8) is 0 Å². The van der Waals surface area contributed by atoms with Gasteiger partial charge in [-0.3, -0.25) is 4.79 Å². The molecule has 1 saturated carbocycles. The van der Waals surface area contributed by atoms with Crippen molar-refractivity contribution >= 4 is 17.4 Å². The van der Waals surface area contributed by atoms with Gasteiger partial charge in [0.25, 0.3) is 5.95 Å². The van der Waals surface area contributed by atoms with E-state index >= 15 is 0 Å². The highest BCUT2D eigenvalue weighted by Crippen LogP contribution is 2.44. The van der Waals surface area contributed by atoms with Gasteiger partial charge in [0, 0.05) is 12.1 Å². The largest absolute Gasteiger partial charge is 0.490 e. The molecule has 2 aliphatic rings. The number of nitrogens with zero attached hydrogens (tertiary/aromatic N) is 5. The minimum Gasteiger partial charge on any atom is -0.490 e. The summed E-state index contributed by atoms with van der Waals surface area (Å²) in [7, 11) is 0. The number of Topliss-reactive ketones (excluding diaryl/α,β-unsaturated/α-hetero) is 1. The molecule has 1 aromatic carbocycles. The van der Waals surface area contributed by atoms with E-state index in [9.17, 15) is 4.79 Å². The Morgan fingerprint density at radius 3 is 2.81 bits per heavy atom. The molecule has 1 aliphatic carbocycles. The molecule has 0 spiro atoms. The van der Waals surface area contributed by atoms with Crippen LogP contribution in [0.2, 0.25) is 0 Å². The van der Waals surface area contributed by atoms with Crippen molar-refractivity contribution < 1.29 is 9.53 Å². The summed E-state index contributed by atoms with van der Waals surface area (Å²) in [5.41, 5.74) is 1.76. The van der Waals surface area contributed by atoms with E-state index in [1.807, 2.05) is 24.3 Å². The van der Waals surface area contributed by atoms with Gasteiger partial charge in [0.15, 0.2) is 0 Å². The predicted octanol–water partition coefficient (Wildman–Crippen LogP) is 2.92. The molecular weight excluding hydrogens is 330 g/mol. The number of hydrogen-bond donors (Lipinski definition) is 0. The van der Waals surface area contributed by atoms with Crippen LogP contribution in [0.5, 0.6) is 5.75 Å². The molecule has 26 heavy (non-hydrogen) atoms. The van der Waals surface area contributed by atoms with E-state index in [-0.39, 0.29) is 23.2 Å². The Labute approximate surface area is 151 Å². The number of carbonyl (C=O) groups is 1. The van der Waals surface area contributed by atoms with Crippen molar-refractivity contribution in [2.75, 3.05) is 6.61 Å². The second-order valence-electron chi connectivity index (χ2n) is 7.60. The van der Waals surface area contributed by atoms with E-state index in [2.05, 4.69) is 40.9 Å². The zero-order valence-corrected chi connectivity index (χ0v) is 14.9. The van der Waals surface area contributed by atoms with E-state index in [1.54, 1.807) is 10.8 Å². The van der Waals surface area contributed by atoms with Gasteiger partial charge in [0.05, 0.1) is 12.0 Å². The summed E-state index contributed by atoms with van der Waals surface area (Å²) in [4.78, 5) is 17.6. The van der Waals surface area contributed by atoms with Crippen molar-refractivity contribution in [2.24, 2.45) is 16.3 Å². The van der Waals surface area contributed by atoms with Crippen LogP contribution in [-0.2, 0) is 4.79 Å². The Kier molecular flexibility index (Phi) is 3.94. The zero-order valence-electron chi connectivity index (χ0n) is 14.9. The van der Waals surface area contributed by atoms with Gasteiger partial charge < -0.3 is 4.74 Å². The van der Waals surface area contributed by atoms with Crippen molar-refractivity contribution in [3.8, 4) is 5.75 Å². The quantitative estimate of drug-likeness (QED) is 0.791. The number of carbonyl (C=O) groups excluding carboxylic acids is 1. The maximum Gasteiger partial charge on any atom is 0.269 e. The van der Waals surface area contributed by atoms with Crippen LogP contribution in [0.15, 0.2) is 41.9 Å². The number of tetrazole rings is 1. The SMILES string of the molecule is C=CCOc1ccc(C2C3C(=O)CC(C)(C)CC3=Nc3nnnn32)cc1. The maximum atomic E-state index is 13.0. The van der Waals surface area contributed by atoms with Gasteiger partial charge in [-0.1, -0.05) is 43.7 Å². The van der Waals surface area contributed by atoms with Gasteiger partial charge in [-0.15, -0.1) is 0 Å². The minimum absolute atomic E-state index is 0.0883. The van der Waals surface area contributed by atoms with Gasteiger partial charge in [-0.25, -0.2) is 9.67 Å². The molecule has 2 heterocycles. The average Bonchev–Trinajstić information content (AvgIpc) is 3.05. The number of ether oxygens (including phenoxy) is 1. The molecule has 1 fully saturated rings. The number of hydrogen-bond acceptors (Lipinski definition) is 6. The highest BCUT2D eigenvalue weighted by Gasteiger charge is 2.46. The molecule has 0 amide bonds. The van der Waals surface area contributed by atoms with E-state index in [4.69, 9.17) is 4.74 Å². The smallest absolute Gasteiger partial charge is 0.269 e. The monoisotopic (exact) mass is 351 g/mol. The molecule has 2 atom stereocenters.